The molecule has 0 aliphatic carbocycles. The summed E-state index contributed by atoms with van der Waals surface area (Å²) >= 11 is 1.91. The standard InChI is InChI=1S/C14H23NS/c1-5-15-14(10-16-4)9-13-7-11(2)6-12(3)8-13/h6-8,14-15H,5,9-10H2,1-4H3. The Balaban J connectivity index is 2.68. The lowest BCUT2D eigenvalue weighted by atomic mass is 10.0. The summed E-state index contributed by atoms with van der Waals surface area (Å²) in [5.74, 6) is 1.18. The van der Waals surface area contributed by atoms with Crippen molar-refractivity contribution in [2.45, 2.75) is 33.2 Å². The van der Waals surface area contributed by atoms with Crippen molar-refractivity contribution >= 4 is 11.8 Å². The Kier molecular flexibility index (Phi) is 5.93. The Morgan fingerprint density at radius 3 is 2.31 bits per heavy atom. The van der Waals surface area contributed by atoms with Crippen molar-refractivity contribution in [3.63, 3.8) is 0 Å². The minimum Gasteiger partial charge on any atom is -0.313 e. The molecule has 1 aromatic carbocycles. The minimum atomic E-state index is 0.598. The van der Waals surface area contributed by atoms with Gasteiger partial charge in [-0.05, 0) is 38.6 Å². The fraction of sp³-hybridized carbons (Fsp3) is 0.571. The largest absolute Gasteiger partial charge is 0.313 e. The topological polar surface area (TPSA) is 12.0 Å². The zero-order valence-corrected chi connectivity index (χ0v) is 11.7. The average molecular weight is 237 g/mol. The number of benzene rings is 1. The van der Waals surface area contributed by atoms with Gasteiger partial charge in [0.25, 0.3) is 0 Å². The lowest BCUT2D eigenvalue weighted by Gasteiger charge is -2.17. The molecule has 1 atom stereocenters. The van der Waals surface area contributed by atoms with Crippen LogP contribution >= 0.6 is 11.8 Å². The molecular weight excluding hydrogens is 214 g/mol. The molecule has 0 radical (unpaired) electrons. The molecule has 1 unspecified atom stereocenters. The number of hydrogen-bond acceptors (Lipinski definition) is 2. The monoisotopic (exact) mass is 237 g/mol. The van der Waals surface area contributed by atoms with E-state index in [1.165, 1.54) is 22.4 Å². The maximum absolute atomic E-state index is 3.55. The summed E-state index contributed by atoms with van der Waals surface area (Å²) in [5, 5.41) is 3.55. The average Bonchev–Trinajstić information content (AvgIpc) is 2.16. The smallest absolute Gasteiger partial charge is 0.0198 e. The fourth-order valence-corrected chi connectivity index (χ4v) is 2.79. The van der Waals surface area contributed by atoms with Crippen molar-refractivity contribution in [1.82, 2.24) is 5.32 Å². The molecule has 0 amide bonds. The van der Waals surface area contributed by atoms with E-state index in [1.54, 1.807) is 0 Å². The van der Waals surface area contributed by atoms with Crippen molar-refractivity contribution < 1.29 is 0 Å². The first-order chi connectivity index (χ1) is 7.65. The summed E-state index contributed by atoms with van der Waals surface area (Å²) in [6, 6.07) is 7.44. The maximum atomic E-state index is 3.55. The highest BCUT2D eigenvalue weighted by molar-refractivity contribution is 7.98. The Morgan fingerprint density at radius 1 is 1.19 bits per heavy atom. The van der Waals surface area contributed by atoms with Crippen molar-refractivity contribution in [2.24, 2.45) is 0 Å². The van der Waals surface area contributed by atoms with Crippen LogP contribution in [0.25, 0.3) is 0 Å². The fourth-order valence-electron chi connectivity index (χ4n) is 2.15. The quantitative estimate of drug-likeness (QED) is 0.815. The lowest BCUT2D eigenvalue weighted by Crippen LogP contribution is -2.33. The van der Waals surface area contributed by atoms with Crippen LogP contribution in [-0.4, -0.2) is 24.6 Å². The zero-order valence-electron chi connectivity index (χ0n) is 10.8. The Bertz CT molecular complexity index is 296. The highest BCUT2D eigenvalue weighted by atomic mass is 32.2. The normalized spacial score (nSPS) is 12.8. The summed E-state index contributed by atoms with van der Waals surface area (Å²) in [6.45, 7) is 7.57. The predicted molar refractivity (Wildman–Crippen MR) is 75.5 cm³/mol. The molecular formula is C14H23NS. The van der Waals surface area contributed by atoms with Gasteiger partial charge < -0.3 is 5.32 Å². The molecule has 1 rings (SSSR count). The van der Waals surface area contributed by atoms with E-state index in [4.69, 9.17) is 0 Å². The van der Waals surface area contributed by atoms with Gasteiger partial charge in [0.05, 0.1) is 0 Å². The van der Waals surface area contributed by atoms with Crippen LogP contribution in [0.15, 0.2) is 18.2 Å². The van der Waals surface area contributed by atoms with Crippen LogP contribution in [0.4, 0.5) is 0 Å². The molecule has 0 aromatic heterocycles. The van der Waals surface area contributed by atoms with Crippen LogP contribution in [0.1, 0.15) is 23.6 Å². The zero-order chi connectivity index (χ0) is 12.0. The van der Waals surface area contributed by atoms with Gasteiger partial charge >= 0.3 is 0 Å². The van der Waals surface area contributed by atoms with Gasteiger partial charge in [0, 0.05) is 11.8 Å². The lowest BCUT2D eigenvalue weighted by molar-refractivity contribution is 0.573. The van der Waals surface area contributed by atoms with E-state index in [0.717, 1.165) is 13.0 Å². The molecule has 1 N–H and O–H groups in total. The van der Waals surface area contributed by atoms with Gasteiger partial charge in [0.2, 0.25) is 0 Å². The summed E-state index contributed by atoms with van der Waals surface area (Å²) in [6.07, 6.45) is 3.31. The molecule has 1 nitrogen and oxygen atoms in total. The third kappa shape index (κ3) is 4.58. The molecule has 0 heterocycles. The van der Waals surface area contributed by atoms with Crippen LogP contribution in [0.3, 0.4) is 0 Å². The summed E-state index contributed by atoms with van der Waals surface area (Å²) in [7, 11) is 0. The number of hydrogen-bond donors (Lipinski definition) is 1. The second-order valence-electron chi connectivity index (χ2n) is 4.41. The first-order valence-electron chi connectivity index (χ1n) is 5.95. The molecule has 90 valence electrons. The van der Waals surface area contributed by atoms with Crippen molar-refractivity contribution in [3.8, 4) is 0 Å². The molecule has 0 saturated heterocycles. The van der Waals surface area contributed by atoms with Crippen molar-refractivity contribution in [2.75, 3.05) is 18.6 Å². The Labute approximate surface area is 104 Å². The van der Waals surface area contributed by atoms with Crippen LogP contribution < -0.4 is 5.32 Å². The molecule has 0 fully saturated rings. The molecule has 0 spiro atoms. The van der Waals surface area contributed by atoms with Crippen molar-refractivity contribution in [3.05, 3.63) is 34.9 Å². The van der Waals surface area contributed by atoms with Gasteiger partial charge in [-0.25, -0.2) is 0 Å². The third-order valence-electron chi connectivity index (χ3n) is 2.62. The van der Waals surface area contributed by atoms with Crippen molar-refractivity contribution in [1.29, 1.82) is 0 Å². The second-order valence-corrected chi connectivity index (χ2v) is 5.32. The molecule has 1 aromatic rings. The minimum absolute atomic E-state index is 0.598. The molecule has 0 aliphatic rings. The Hall–Kier alpha value is -0.470. The van der Waals surface area contributed by atoms with Crippen LogP contribution in [-0.2, 0) is 6.42 Å². The summed E-state index contributed by atoms with van der Waals surface area (Å²) in [4.78, 5) is 0. The number of aryl methyl sites for hydroxylation is 2. The van der Waals surface area contributed by atoms with Gasteiger partial charge in [-0.15, -0.1) is 0 Å². The molecule has 2 heteroatoms. The molecule has 0 bridgehead atoms. The van der Waals surface area contributed by atoms with E-state index in [1.807, 2.05) is 11.8 Å². The maximum Gasteiger partial charge on any atom is 0.0198 e. The van der Waals surface area contributed by atoms with Gasteiger partial charge in [-0.2, -0.15) is 11.8 Å². The van der Waals surface area contributed by atoms with E-state index < -0.39 is 0 Å². The van der Waals surface area contributed by atoms with Crippen LogP contribution in [0.2, 0.25) is 0 Å². The van der Waals surface area contributed by atoms with E-state index >= 15 is 0 Å². The number of thioether (sulfide) groups is 1. The second kappa shape index (κ2) is 6.97. The van der Waals surface area contributed by atoms with Crippen LogP contribution in [0, 0.1) is 13.8 Å². The predicted octanol–water partition coefficient (Wildman–Crippen LogP) is 3.19. The molecule has 0 aliphatic heterocycles. The first kappa shape index (κ1) is 13.6. The Morgan fingerprint density at radius 2 is 1.81 bits per heavy atom. The highest BCUT2D eigenvalue weighted by Gasteiger charge is 2.07. The number of rotatable bonds is 6. The van der Waals surface area contributed by atoms with Gasteiger partial charge in [-0.3, -0.25) is 0 Å². The van der Waals surface area contributed by atoms with Gasteiger partial charge in [-0.1, -0.05) is 36.2 Å². The summed E-state index contributed by atoms with van der Waals surface area (Å²) in [5.41, 5.74) is 4.20. The SMILES string of the molecule is CCNC(CSC)Cc1cc(C)cc(C)c1. The number of nitrogens with one attached hydrogen (secondary N) is 1. The van der Waals surface area contributed by atoms with Crippen LogP contribution in [0.5, 0.6) is 0 Å². The van der Waals surface area contributed by atoms with Gasteiger partial charge in [0.1, 0.15) is 0 Å². The van der Waals surface area contributed by atoms with E-state index in [-0.39, 0.29) is 0 Å². The third-order valence-corrected chi connectivity index (χ3v) is 3.36. The highest BCUT2D eigenvalue weighted by Crippen LogP contribution is 2.12. The number of likely N-dealkylation sites (N-methyl/N-ethyl adjacent to an activating group) is 1. The summed E-state index contributed by atoms with van der Waals surface area (Å²) < 4.78 is 0. The van der Waals surface area contributed by atoms with E-state index in [0.29, 0.717) is 6.04 Å². The molecule has 0 saturated carbocycles. The van der Waals surface area contributed by atoms with Gasteiger partial charge in [0.15, 0.2) is 0 Å². The van der Waals surface area contributed by atoms with E-state index in [9.17, 15) is 0 Å². The first-order valence-corrected chi connectivity index (χ1v) is 7.34. The van der Waals surface area contributed by atoms with E-state index in [2.05, 4.69) is 50.5 Å². The molecule has 16 heavy (non-hydrogen) atoms.